The highest BCUT2D eigenvalue weighted by Gasteiger charge is 2.43. The molecule has 52 valence electrons. The van der Waals surface area contributed by atoms with E-state index in [-0.39, 0.29) is 6.10 Å². The predicted molar refractivity (Wildman–Crippen MR) is 36.0 cm³/mol. The lowest BCUT2D eigenvalue weighted by Crippen LogP contribution is -2.24. The average Bonchev–Trinajstić information content (AvgIpc) is 2.37. The van der Waals surface area contributed by atoms with Crippen molar-refractivity contribution in [3.63, 3.8) is 0 Å². The van der Waals surface area contributed by atoms with E-state index in [4.69, 9.17) is 0 Å². The maximum Gasteiger partial charge on any atom is 0.0596 e. The van der Waals surface area contributed by atoms with E-state index in [2.05, 4.69) is 6.92 Å². The van der Waals surface area contributed by atoms with Crippen LogP contribution >= 0.6 is 0 Å². The molecule has 2 fully saturated rings. The van der Waals surface area contributed by atoms with Crippen molar-refractivity contribution in [3.05, 3.63) is 0 Å². The molecule has 0 aliphatic heterocycles. The first kappa shape index (κ1) is 5.72. The summed E-state index contributed by atoms with van der Waals surface area (Å²) >= 11 is 0. The molecule has 0 saturated heterocycles. The molecule has 0 spiro atoms. The van der Waals surface area contributed by atoms with Gasteiger partial charge in [0.2, 0.25) is 0 Å². The minimum Gasteiger partial charge on any atom is -0.393 e. The Hall–Kier alpha value is -0.0400. The fourth-order valence-electron chi connectivity index (χ4n) is 2.55. The van der Waals surface area contributed by atoms with Gasteiger partial charge in [-0.25, -0.2) is 0 Å². The van der Waals surface area contributed by atoms with Gasteiger partial charge in [0.05, 0.1) is 6.10 Å². The van der Waals surface area contributed by atoms with Crippen molar-refractivity contribution < 1.29 is 5.11 Å². The van der Waals surface area contributed by atoms with E-state index in [1.54, 1.807) is 0 Å². The first-order valence-corrected chi connectivity index (χ1v) is 3.97. The third kappa shape index (κ3) is 0.644. The summed E-state index contributed by atoms with van der Waals surface area (Å²) in [5, 5.41) is 9.49. The van der Waals surface area contributed by atoms with Crippen LogP contribution in [0.3, 0.4) is 0 Å². The van der Waals surface area contributed by atoms with Gasteiger partial charge in [0.1, 0.15) is 0 Å². The number of hydrogen-bond donors (Lipinski definition) is 1. The van der Waals surface area contributed by atoms with Gasteiger partial charge in [0, 0.05) is 0 Å². The van der Waals surface area contributed by atoms with E-state index in [1.165, 1.54) is 19.3 Å². The van der Waals surface area contributed by atoms with Crippen LogP contribution < -0.4 is 0 Å². The van der Waals surface area contributed by atoms with Gasteiger partial charge >= 0.3 is 0 Å². The molecule has 1 N–H and O–H groups in total. The van der Waals surface area contributed by atoms with Crippen LogP contribution in [0.15, 0.2) is 0 Å². The Morgan fingerprint density at radius 1 is 1.22 bits per heavy atom. The molecule has 9 heavy (non-hydrogen) atoms. The van der Waals surface area contributed by atoms with Gasteiger partial charge < -0.3 is 5.11 Å². The Kier molecular flexibility index (Phi) is 1.10. The van der Waals surface area contributed by atoms with Crippen LogP contribution in [0.4, 0.5) is 0 Å². The lowest BCUT2D eigenvalue weighted by molar-refractivity contribution is 0.0677. The Morgan fingerprint density at radius 3 is 2.22 bits per heavy atom. The number of hydrogen-bond acceptors (Lipinski definition) is 1. The minimum absolute atomic E-state index is 0.0451. The number of aliphatic hydroxyl groups is 1. The maximum atomic E-state index is 9.49. The summed E-state index contributed by atoms with van der Waals surface area (Å²) in [5.41, 5.74) is 0. The van der Waals surface area contributed by atoms with Crippen molar-refractivity contribution in [2.24, 2.45) is 17.8 Å². The molecule has 0 radical (unpaired) electrons. The highest BCUT2D eigenvalue weighted by molar-refractivity contribution is 4.94. The summed E-state index contributed by atoms with van der Waals surface area (Å²) in [7, 11) is 0. The summed E-state index contributed by atoms with van der Waals surface area (Å²) in [6, 6.07) is 0. The number of fused-ring (bicyclic) bond motifs is 2. The Labute approximate surface area is 56.1 Å². The standard InChI is InChI=1S/C8H14O/c1-5-6-2-3-7(4-6)8(5)9/h5-9H,2-4H2,1H3/t5-,6?,7?,8+/m0/s1. The van der Waals surface area contributed by atoms with Crippen molar-refractivity contribution in [2.75, 3.05) is 0 Å². The van der Waals surface area contributed by atoms with Crippen molar-refractivity contribution in [2.45, 2.75) is 32.3 Å². The lowest BCUT2D eigenvalue weighted by atomic mass is 9.88. The van der Waals surface area contributed by atoms with Gasteiger partial charge in [-0.15, -0.1) is 0 Å². The van der Waals surface area contributed by atoms with E-state index >= 15 is 0 Å². The molecule has 2 aliphatic rings. The van der Waals surface area contributed by atoms with Crippen LogP contribution in [0, 0.1) is 17.8 Å². The van der Waals surface area contributed by atoms with Gasteiger partial charge in [0.25, 0.3) is 0 Å². The molecule has 2 bridgehead atoms. The summed E-state index contributed by atoms with van der Waals surface area (Å²) in [6.45, 7) is 2.19. The van der Waals surface area contributed by atoms with E-state index in [9.17, 15) is 5.11 Å². The van der Waals surface area contributed by atoms with Crippen molar-refractivity contribution in [1.82, 2.24) is 0 Å². The molecule has 2 saturated carbocycles. The van der Waals surface area contributed by atoms with E-state index < -0.39 is 0 Å². The first-order valence-electron chi connectivity index (χ1n) is 3.97. The zero-order valence-electron chi connectivity index (χ0n) is 5.88. The largest absolute Gasteiger partial charge is 0.393 e. The van der Waals surface area contributed by atoms with Crippen molar-refractivity contribution >= 4 is 0 Å². The molecule has 2 rings (SSSR count). The van der Waals surface area contributed by atoms with Gasteiger partial charge in [-0.3, -0.25) is 0 Å². The van der Waals surface area contributed by atoms with E-state index in [0.717, 1.165) is 5.92 Å². The number of rotatable bonds is 0. The molecule has 0 aromatic rings. The smallest absolute Gasteiger partial charge is 0.0596 e. The summed E-state index contributed by atoms with van der Waals surface area (Å²) in [5.74, 6) is 2.14. The highest BCUT2D eigenvalue weighted by atomic mass is 16.3. The van der Waals surface area contributed by atoms with Crippen LogP contribution in [-0.2, 0) is 0 Å². The van der Waals surface area contributed by atoms with Gasteiger partial charge in [0.15, 0.2) is 0 Å². The summed E-state index contributed by atoms with van der Waals surface area (Å²) in [4.78, 5) is 0. The molecule has 0 aromatic heterocycles. The molecule has 0 heterocycles. The van der Waals surface area contributed by atoms with Crippen molar-refractivity contribution in [3.8, 4) is 0 Å². The second kappa shape index (κ2) is 1.72. The topological polar surface area (TPSA) is 20.2 Å². The maximum absolute atomic E-state index is 9.49. The molecule has 2 unspecified atom stereocenters. The minimum atomic E-state index is 0.0451. The molecule has 0 amide bonds. The van der Waals surface area contributed by atoms with Crippen LogP contribution in [0.1, 0.15) is 26.2 Å². The third-order valence-corrected chi connectivity index (χ3v) is 3.28. The zero-order valence-corrected chi connectivity index (χ0v) is 5.88. The molecule has 4 atom stereocenters. The van der Waals surface area contributed by atoms with E-state index in [1.807, 2.05) is 0 Å². The molecular weight excluding hydrogens is 112 g/mol. The Balaban J connectivity index is 2.15. The normalized spacial score (nSPS) is 56.7. The average molecular weight is 126 g/mol. The van der Waals surface area contributed by atoms with Crippen LogP contribution in [0.5, 0.6) is 0 Å². The molecular formula is C8H14O. The second-order valence-electron chi connectivity index (χ2n) is 3.68. The summed E-state index contributed by atoms with van der Waals surface area (Å²) < 4.78 is 0. The van der Waals surface area contributed by atoms with Crippen LogP contribution in [0.25, 0.3) is 0 Å². The predicted octanol–water partition coefficient (Wildman–Crippen LogP) is 1.41. The zero-order chi connectivity index (χ0) is 6.43. The molecule has 2 aliphatic carbocycles. The Morgan fingerprint density at radius 2 is 1.89 bits per heavy atom. The first-order chi connectivity index (χ1) is 4.29. The fourth-order valence-corrected chi connectivity index (χ4v) is 2.55. The Bertz CT molecular complexity index is 104. The molecule has 1 heteroatoms. The highest BCUT2D eigenvalue weighted by Crippen LogP contribution is 2.47. The fraction of sp³-hybridized carbons (Fsp3) is 1.00. The lowest BCUT2D eigenvalue weighted by Gasteiger charge is -2.22. The molecule has 0 aromatic carbocycles. The SMILES string of the molecule is C[C@H]1C2CCC(C2)[C@@H]1O. The second-order valence-corrected chi connectivity index (χ2v) is 3.68. The van der Waals surface area contributed by atoms with Gasteiger partial charge in [-0.05, 0) is 37.0 Å². The van der Waals surface area contributed by atoms with E-state index in [0.29, 0.717) is 11.8 Å². The van der Waals surface area contributed by atoms with Crippen LogP contribution in [0.2, 0.25) is 0 Å². The van der Waals surface area contributed by atoms with Crippen LogP contribution in [-0.4, -0.2) is 11.2 Å². The van der Waals surface area contributed by atoms with Gasteiger partial charge in [-0.2, -0.15) is 0 Å². The molecule has 1 nitrogen and oxygen atoms in total. The monoisotopic (exact) mass is 126 g/mol. The quantitative estimate of drug-likeness (QED) is 0.520. The van der Waals surface area contributed by atoms with Crippen molar-refractivity contribution in [1.29, 1.82) is 0 Å². The third-order valence-electron chi connectivity index (χ3n) is 3.28. The summed E-state index contributed by atoms with van der Waals surface area (Å²) in [6.07, 6.45) is 4.02. The van der Waals surface area contributed by atoms with Gasteiger partial charge in [-0.1, -0.05) is 6.92 Å². The number of aliphatic hydroxyl groups excluding tert-OH is 1.